The van der Waals surface area contributed by atoms with Gasteiger partial charge in [0.05, 0.1) is 12.2 Å². The number of carboxylic acids is 1. The third kappa shape index (κ3) is 5.92. The SMILES string of the molecule is CCCCCCOc1ccc(/C=C/c2ccc(C(=O)O)cc2)cc1. The minimum absolute atomic E-state index is 0.299. The Hall–Kier alpha value is -2.55. The van der Waals surface area contributed by atoms with Crippen molar-refractivity contribution in [2.45, 2.75) is 32.6 Å². The lowest BCUT2D eigenvalue weighted by Gasteiger charge is -2.06. The molecule has 0 saturated heterocycles. The summed E-state index contributed by atoms with van der Waals surface area (Å²) in [6.45, 7) is 2.97. The third-order valence-electron chi connectivity index (χ3n) is 3.77. The van der Waals surface area contributed by atoms with Crippen LogP contribution in [-0.4, -0.2) is 17.7 Å². The molecule has 0 fully saturated rings. The number of rotatable bonds is 9. The molecule has 0 saturated carbocycles. The molecule has 2 aromatic carbocycles. The molecule has 24 heavy (non-hydrogen) atoms. The van der Waals surface area contributed by atoms with E-state index in [1.807, 2.05) is 36.4 Å². The Labute approximate surface area is 143 Å². The standard InChI is InChI=1S/C21H24O3/c1-2-3-4-5-16-24-20-14-10-18(11-15-20)7-6-17-8-12-19(13-9-17)21(22)23/h6-15H,2-5,16H2,1H3,(H,22,23)/b7-6+. The lowest BCUT2D eigenvalue weighted by atomic mass is 10.1. The zero-order valence-corrected chi connectivity index (χ0v) is 14.1. The molecule has 0 aliphatic rings. The van der Waals surface area contributed by atoms with Crippen LogP contribution in [0.4, 0.5) is 0 Å². The van der Waals surface area contributed by atoms with Crippen LogP contribution in [0.25, 0.3) is 12.2 Å². The topological polar surface area (TPSA) is 46.5 Å². The second-order valence-corrected chi connectivity index (χ2v) is 5.74. The maximum Gasteiger partial charge on any atom is 0.335 e. The molecular formula is C21H24O3. The molecule has 3 heteroatoms. The van der Waals surface area contributed by atoms with Crippen LogP contribution in [0.3, 0.4) is 0 Å². The summed E-state index contributed by atoms with van der Waals surface area (Å²) in [6.07, 6.45) is 8.79. The molecule has 2 rings (SSSR count). The highest BCUT2D eigenvalue weighted by molar-refractivity contribution is 5.88. The summed E-state index contributed by atoms with van der Waals surface area (Å²) in [7, 11) is 0. The van der Waals surface area contributed by atoms with E-state index in [1.54, 1.807) is 24.3 Å². The number of unbranched alkanes of at least 4 members (excludes halogenated alkanes) is 3. The van der Waals surface area contributed by atoms with Gasteiger partial charge in [-0.15, -0.1) is 0 Å². The van der Waals surface area contributed by atoms with Gasteiger partial charge in [0.15, 0.2) is 0 Å². The number of hydrogen-bond acceptors (Lipinski definition) is 2. The Morgan fingerprint density at radius 2 is 1.50 bits per heavy atom. The highest BCUT2D eigenvalue weighted by Gasteiger charge is 2.00. The molecule has 0 amide bonds. The smallest absolute Gasteiger partial charge is 0.335 e. The minimum Gasteiger partial charge on any atom is -0.494 e. The predicted molar refractivity (Wildman–Crippen MR) is 98.4 cm³/mol. The zero-order chi connectivity index (χ0) is 17.2. The molecule has 0 bridgehead atoms. The van der Waals surface area contributed by atoms with Crippen LogP contribution < -0.4 is 4.74 Å². The number of aromatic carboxylic acids is 1. The molecule has 0 atom stereocenters. The van der Waals surface area contributed by atoms with Crippen molar-refractivity contribution >= 4 is 18.1 Å². The van der Waals surface area contributed by atoms with Gasteiger partial charge in [-0.1, -0.05) is 62.6 Å². The molecule has 0 aliphatic carbocycles. The summed E-state index contributed by atoms with van der Waals surface area (Å²) in [5, 5.41) is 8.88. The summed E-state index contributed by atoms with van der Waals surface area (Å²) in [5.41, 5.74) is 2.35. The van der Waals surface area contributed by atoms with Crippen LogP contribution in [-0.2, 0) is 0 Å². The first-order chi connectivity index (χ1) is 11.7. The first-order valence-corrected chi connectivity index (χ1v) is 8.43. The molecule has 0 aromatic heterocycles. The zero-order valence-electron chi connectivity index (χ0n) is 14.1. The number of carboxylic acid groups (broad SMARTS) is 1. The van der Waals surface area contributed by atoms with Gasteiger partial charge in [-0.25, -0.2) is 4.79 Å². The lowest BCUT2D eigenvalue weighted by Crippen LogP contribution is -1.96. The quantitative estimate of drug-likeness (QED) is 0.488. The van der Waals surface area contributed by atoms with Crippen LogP contribution in [0.15, 0.2) is 48.5 Å². The number of benzene rings is 2. The average molecular weight is 324 g/mol. The van der Waals surface area contributed by atoms with Crippen molar-refractivity contribution in [3.63, 3.8) is 0 Å². The fraction of sp³-hybridized carbons (Fsp3) is 0.286. The van der Waals surface area contributed by atoms with Crippen LogP contribution in [0, 0.1) is 0 Å². The minimum atomic E-state index is -0.907. The van der Waals surface area contributed by atoms with Crippen molar-refractivity contribution in [2.75, 3.05) is 6.61 Å². The monoisotopic (exact) mass is 324 g/mol. The molecule has 0 heterocycles. The Morgan fingerprint density at radius 1 is 0.917 bits per heavy atom. The van der Waals surface area contributed by atoms with Crippen LogP contribution in [0.2, 0.25) is 0 Å². The summed E-state index contributed by atoms with van der Waals surface area (Å²) >= 11 is 0. The van der Waals surface area contributed by atoms with E-state index in [-0.39, 0.29) is 0 Å². The molecule has 126 valence electrons. The Balaban J connectivity index is 1.85. The van der Waals surface area contributed by atoms with Gasteiger partial charge in [0, 0.05) is 0 Å². The van der Waals surface area contributed by atoms with Gasteiger partial charge < -0.3 is 9.84 Å². The largest absolute Gasteiger partial charge is 0.494 e. The van der Waals surface area contributed by atoms with E-state index in [9.17, 15) is 4.79 Å². The summed E-state index contributed by atoms with van der Waals surface area (Å²) < 4.78 is 5.73. The summed E-state index contributed by atoms with van der Waals surface area (Å²) in [4.78, 5) is 10.8. The summed E-state index contributed by atoms with van der Waals surface area (Å²) in [5.74, 6) is -0.00901. The number of hydrogen-bond donors (Lipinski definition) is 1. The van der Waals surface area contributed by atoms with Gasteiger partial charge in [-0.05, 0) is 41.8 Å². The maximum absolute atomic E-state index is 10.8. The van der Waals surface area contributed by atoms with Crippen LogP contribution in [0.1, 0.15) is 54.1 Å². The molecular weight excluding hydrogens is 300 g/mol. The fourth-order valence-electron chi connectivity index (χ4n) is 2.32. The average Bonchev–Trinajstić information content (AvgIpc) is 2.61. The molecule has 0 unspecified atom stereocenters. The van der Waals surface area contributed by atoms with Gasteiger partial charge in [-0.2, -0.15) is 0 Å². The Morgan fingerprint density at radius 3 is 2.04 bits per heavy atom. The van der Waals surface area contributed by atoms with Gasteiger partial charge in [-0.3, -0.25) is 0 Å². The van der Waals surface area contributed by atoms with Crippen molar-refractivity contribution in [1.29, 1.82) is 0 Å². The molecule has 3 nitrogen and oxygen atoms in total. The molecule has 2 aromatic rings. The van der Waals surface area contributed by atoms with Gasteiger partial charge in [0.2, 0.25) is 0 Å². The number of ether oxygens (including phenoxy) is 1. The van der Waals surface area contributed by atoms with Crippen molar-refractivity contribution in [1.82, 2.24) is 0 Å². The first-order valence-electron chi connectivity index (χ1n) is 8.43. The predicted octanol–water partition coefficient (Wildman–Crippen LogP) is 5.51. The Kier molecular flexibility index (Phi) is 7.09. The van der Waals surface area contributed by atoms with E-state index >= 15 is 0 Å². The van der Waals surface area contributed by atoms with Crippen molar-refractivity contribution in [2.24, 2.45) is 0 Å². The second kappa shape index (κ2) is 9.56. The van der Waals surface area contributed by atoms with Crippen LogP contribution in [0.5, 0.6) is 5.75 Å². The van der Waals surface area contributed by atoms with E-state index in [0.717, 1.165) is 29.9 Å². The molecule has 0 radical (unpaired) electrons. The van der Waals surface area contributed by atoms with E-state index < -0.39 is 5.97 Å². The lowest BCUT2D eigenvalue weighted by molar-refractivity contribution is 0.0697. The van der Waals surface area contributed by atoms with Crippen molar-refractivity contribution < 1.29 is 14.6 Å². The Bertz CT molecular complexity index is 654. The maximum atomic E-state index is 10.8. The first kappa shape index (κ1) is 17.8. The fourth-order valence-corrected chi connectivity index (χ4v) is 2.32. The van der Waals surface area contributed by atoms with Crippen molar-refractivity contribution in [3.05, 3.63) is 65.2 Å². The molecule has 0 spiro atoms. The number of carbonyl (C=O) groups is 1. The van der Waals surface area contributed by atoms with Gasteiger partial charge >= 0.3 is 5.97 Å². The van der Waals surface area contributed by atoms with E-state index in [1.165, 1.54) is 19.3 Å². The van der Waals surface area contributed by atoms with E-state index in [0.29, 0.717) is 5.56 Å². The molecule has 0 aliphatic heterocycles. The highest BCUT2D eigenvalue weighted by Crippen LogP contribution is 2.15. The van der Waals surface area contributed by atoms with E-state index in [2.05, 4.69) is 6.92 Å². The van der Waals surface area contributed by atoms with Crippen LogP contribution >= 0.6 is 0 Å². The second-order valence-electron chi connectivity index (χ2n) is 5.74. The van der Waals surface area contributed by atoms with Crippen molar-refractivity contribution in [3.8, 4) is 5.75 Å². The highest BCUT2D eigenvalue weighted by atomic mass is 16.5. The third-order valence-corrected chi connectivity index (χ3v) is 3.77. The normalized spacial score (nSPS) is 10.9. The molecule has 1 N–H and O–H groups in total. The van der Waals surface area contributed by atoms with Gasteiger partial charge in [0.25, 0.3) is 0 Å². The summed E-state index contributed by atoms with van der Waals surface area (Å²) in [6, 6.07) is 14.8. The van der Waals surface area contributed by atoms with E-state index in [4.69, 9.17) is 9.84 Å². The van der Waals surface area contributed by atoms with Gasteiger partial charge in [0.1, 0.15) is 5.75 Å².